The van der Waals surface area contributed by atoms with Crippen LogP contribution in [0.15, 0.2) is 40.6 Å². The van der Waals surface area contributed by atoms with Crippen molar-refractivity contribution in [3.05, 3.63) is 50.5 Å². The summed E-state index contributed by atoms with van der Waals surface area (Å²) in [6, 6.07) is 9.25. The molecule has 1 aliphatic rings. The van der Waals surface area contributed by atoms with Crippen molar-refractivity contribution in [2.24, 2.45) is 0 Å². The standard InChI is InChI=1S/C18H12ClN3O2S4/c19-10-3-4-12-13(8-10)27-17(20-12)21-15(23)5-6-22-16(24)14(28-18(22)25)9-11-2-1-7-26-11/h1-4,7-9H,5-6H2,(H,20,21,23)/b14-9-. The quantitative estimate of drug-likeness (QED) is 0.412. The molecule has 0 aliphatic carbocycles. The Morgan fingerprint density at radius 1 is 1.36 bits per heavy atom. The first-order chi connectivity index (χ1) is 13.5. The summed E-state index contributed by atoms with van der Waals surface area (Å²) in [7, 11) is 0. The number of thiophene rings is 1. The van der Waals surface area contributed by atoms with E-state index in [1.807, 2.05) is 35.7 Å². The Bertz CT molecular complexity index is 1110. The second kappa shape index (κ2) is 8.30. The Morgan fingerprint density at radius 2 is 2.21 bits per heavy atom. The van der Waals surface area contributed by atoms with E-state index in [1.54, 1.807) is 17.4 Å². The van der Waals surface area contributed by atoms with Crippen LogP contribution in [-0.2, 0) is 9.59 Å². The van der Waals surface area contributed by atoms with Crippen LogP contribution in [0.4, 0.5) is 5.13 Å². The average molecular weight is 466 g/mol. The molecule has 2 amide bonds. The zero-order valence-corrected chi connectivity index (χ0v) is 18.2. The molecule has 0 atom stereocenters. The lowest BCUT2D eigenvalue weighted by Gasteiger charge is -2.13. The number of rotatable bonds is 5. The zero-order valence-electron chi connectivity index (χ0n) is 14.2. The fraction of sp³-hybridized carbons (Fsp3) is 0.111. The molecule has 0 radical (unpaired) electrons. The Labute approximate surface area is 183 Å². The monoisotopic (exact) mass is 465 g/mol. The van der Waals surface area contributed by atoms with Crippen LogP contribution in [0.25, 0.3) is 16.3 Å². The molecule has 10 heteroatoms. The number of fused-ring (bicyclic) bond motifs is 1. The smallest absolute Gasteiger partial charge is 0.266 e. The molecule has 5 nitrogen and oxygen atoms in total. The molecule has 0 unspecified atom stereocenters. The molecule has 142 valence electrons. The van der Waals surface area contributed by atoms with E-state index in [2.05, 4.69) is 10.3 Å². The van der Waals surface area contributed by atoms with Gasteiger partial charge in [-0.05, 0) is 35.7 Å². The van der Waals surface area contributed by atoms with Crippen molar-refractivity contribution in [3.63, 3.8) is 0 Å². The first-order valence-corrected chi connectivity index (χ1v) is 11.4. The second-order valence-corrected chi connectivity index (χ2v) is 9.90. The highest BCUT2D eigenvalue weighted by Crippen LogP contribution is 2.33. The van der Waals surface area contributed by atoms with Gasteiger partial charge in [0.2, 0.25) is 5.91 Å². The summed E-state index contributed by atoms with van der Waals surface area (Å²) in [4.78, 5) is 32.3. The third kappa shape index (κ3) is 4.28. The highest BCUT2D eigenvalue weighted by atomic mass is 35.5. The van der Waals surface area contributed by atoms with Gasteiger partial charge in [-0.3, -0.25) is 14.5 Å². The lowest BCUT2D eigenvalue weighted by Crippen LogP contribution is -2.31. The van der Waals surface area contributed by atoms with Gasteiger partial charge in [0.1, 0.15) is 4.32 Å². The number of aromatic nitrogens is 1. The van der Waals surface area contributed by atoms with Crippen molar-refractivity contribution in [1.29, 1.82) is 0 Å². The number of nitrogens with zero attached hydrogens (tertiary/aromatic N) is 2. The molecule has 3 aromatic rings. The Kier molecular flexibility index (Phi) is 5.79. The fourth-order valence-corrected chi connectivity index (χ4v) is 5.73. The van der Waals surface area contributed by atoms with Gasteiger partial charge in [0.25, 0.3) is 5.91 Å². The van der Waals surface area contributed by atoms with E-state index in [4.69, 9.17) is 23.8 Å². The molecule has 1 saturated heterocycles. The topological polar surface area (TPSA) is 62.3 Å². The van der Waals surface area contributed by atoms with Crippen molar-refractivity contribution in [3.8, 4) is 0 Å². The summed E-state index contributed by atoms with van der Waals surface area (Å²) in [6.07, 6.45) is 1.96. The Hall–Kier alpha value is -1.78. The fourth-order valence-electron chi connectivity index (χ4n) is 2.54. The van der Waals surface area contributed by atoms with Crippen LogP contribution < -0.4 is 5.32 Å². The minimum atomic E-state index is -0.221. The zero-order chi connectivity index (χ0) is 19.7. The summed E-state index contributed by atoms with van der Waals surface area (Å²) in [6.45, 7) is 0.231. The number of thioether (sulfide) groups is 1. The SMILES string of the molecule is O=C(CCN1C(=O)/C(=C/c2cccs2)SC1=S)Nc1nc2ccc(Cl)cc2s1. The maximum absolute atomic E-state index is 12.6. The van der Waals surface area contributed by atoms with Crippen molar-refractivity contribution in [1.82, 2.24) is 9.88 Å². The van der Waals surface area contributed by atoms with Crippen LogP contribution in [0.2, 0.25) is 5.02 Å². The predicted octanol–water partition coefficient (Wildman–Crippen LogP) is 5.24. The van der Waals surface area contributed by atoms with Crippen LogP contribution in [0.3, 0.4) is 0 Å². The predicted molar refractivity (Wildman–Crippen MR) is 122 cm³/mol. The molecule has 0 bridgehead atoms. The molecule has 1 aromatic carbocycles. The first-order valence-electron chi connectivity index (χ1n) is 8.14. The van der Waals surface area contributed by atoms with Gasteiger partial charge in [-0.2, -0.15) is 0 Å². The van der Waals surface area contributed by atoms with E-state index < -0.39 is 0 Å². The van der Waals surface area contributed by atoms with E-state index in [0.717, 1.165) is 15.1 Å². The minimum absolute atomic E-state index is 0.134. The van der Waals surface area contributed by atoms with Gasteiger partial charge in [0, 0.05) is 22.9 Å². The van der Waals surface area contributed by atoms with E-state index >= 15 is 0 Å². The molecule has 3 heterocycles. The molecule has 28 heavy (non-hydrogen) atoms. The van der Waals surface area contributed by atoms with Crippen LogP contribution >= 0.6 is 58.3 Å². The van der Waals surface area contributed by atoms with Crippen LogP contribution in [0.5, 0.6) is 0 Å². The van der Waals surface area contributed by atoms with Crippen molar-refractivity contribution in [2.45, 2.75) is 6.42 Å². The van der Waals surface area contributed by atoms with E-state index in [1.165, 1.54) is 28.0 Å². The van der Waals surface area contributed by atoms with Crippen molar-refractivity contribution >= 4 is 95.8 Å². The maximum atomic E-state index is 12.6. The summed E-state index contributed by atoms with van der Waals surface area (Å²) >= 11 is 15.5. The highest BCUT2D eigenvalue weighted by Gasteiger charge is 2.32. The van der Waals surface area contributed by atoms with Crippen molar-refractivity contribution in [2.75, 3.05) is 11.9 Å². The summed E-state index contributed by atoms with van der Waals surface area (Å²) < 4.78 is 1.37. The normalized spacial score (nSPS) is 15.8. The van der Waals surface area contributed by atoms with Crippen LogP contribution in [0.1, 0.15) is 11.3 Å². The van der Waals surface area contributed by atoms with Gasteiger partial charge in [-0.25, -0.2) is 4.98 Å². The van der Waals surface area contributed by atoms with Gasteiger partial charge < -0.3 is 5.32 Å². The van der Waals surface area contributed by atoms with E-state index in [-0.39, 0.29) is 24.8 Å². The number of thiocarbonyl (C=S) groups is 1. The average Bonchev–Trinajstić information content (AvgIpc) is 3.35. The summed E-state index contributed by atoms with van der Waals surface area (Å²) in [5.74, 6) is -0.382. The molecular weight excluding hydrogens is 454 g/mol. The van der Waals surface area contributed by atoms with Gasteiger partial charge in [0.05, 0.1) is 15.1 Å². The molecule has 0 spiro atoms. The third-order valence-electron chi connectivity index (χ3n) is 3.85. The van der Waals surface area contributed by atoms with E-state index in [0.29, 0.717) is 19.4 Å². The lowest BCUT2D eigenvalue weighted by molar-refractivity contribution is -0.122. The first kappa shape index (κ1) is 19.5. The number of amides is 2. The Morgan fingerprint density at radius 3 is 3.00 bits per heavy atom. The number of carbonyl (C=O) groups excluding carboxylic acids is 2. The summed E-state index contributed by atoms with van der Waals surface area (Å²) in [5, 5.41) is 5.86. The molecular formula is C18H12ClN3O2S4. The molecule has 2 aromatic heterocycles. The number of nitrogens with one attached hydrogen (secondary N) is 1. The molecule has 1 N–H and O–H groups in total. The van der Waals surface area contributed by atoms with E-state index in [9.17, 15) is 9.59 Å². The second-order valence-electron chi connectivity index (χ2n) is 5.78. The number of hydrogen-bond acceptors (Lipinski definition) is 7. The maximum Gasteiger partial charge on any atom is 0.266 e. The molecule has 4 rings (SSSR count). The van der Waals surface area contributed by atoms with Crippen LogP contribution in [-0.4, -0.2) is 32.6 Å². The third-order valence-corrected chi connectivity index (χ3v) is 7.22. The molecule has 0 saturated carbocycles. The largest absolute Gasteiger partial charge is 0.302 e. The van der Waals surface area contributed by atoms with Crippen molar-refractivity contribution < 1.29 is 9.59 Å². The number of hydrogen-bond donors (Lipinski definition) is 1. The Balaban J connectivity index is 1.37. The van der Waals surface area contributed by atoms with Gasteiger partial charge >= 0.3 is 0 Å². The number of thiazole rings is 1. The van der Waals surface area contributed by atoms with Gasteiger partial charge in [-0.1, -0.05) is 53.0 Å². The van der Waals surface area contributed by atoms with Gasteiger partial charge in [-0.15, -0.1) is 11.3 Å². The number of benzene rings is 1. The van der Waals surface area contributed by atoms with Crippen LogP contribution in [0, 0.1) is 0 Å². The number of carbonyl (C=O) groups is 2. The number of halogens is 1. The van der Waals surface area contributed by atoms with Gasteiger partial charge in [0.15, 0.2) is 5.13 Å². The number of anilines is 1. The summed E-state index contributed by atoms with van der Waals surface area (Å²) in [5.41, 5.74) is 0.778. The highest BCUT2D eigenvalue weighted by molar-refractivity contribution is 8.26. The lowest BCUT2D eigenvalue weighted by atomic mass is 10.3. The minimum Gasteiger partial charge on any atom is -0.302 e. The molecule has 1 fully saturated rings. The molecule has 1 aliphatic heterocycles.